The van der Waals surface area contributed by atoms with Gasteiger partial charge in [0.1, 0.15) is 13.5 Å². The number of aliphatic carboxylic acids is 2. The Labute approximate surface area is 184 Å². The Morgan fingerprint density at radius 1 is 0.655 bits per heavy atom. The van der Waals surface area contributed by atoms with Crippen LogP contribution in [-0.2, 0) is 28.8 Å². The first kappa shape index (κ1) is 21.8. The van der Waals surface area contributed by atoms with E-state index in [0.29, 0.717) is 9.80 Å². The third kappa shape index (κ3) is 2.49. The summed E-state index contributed by atoms with van der Waals surface area (Å²) >= 11 is 0. The molecule has 8 unspecified atom stereocenters. The van der Waals surface area contributed by atoms with Gasteiger partial charge >= 0.3 is 41.5 Å². The molecule has 0 radical (unpaired) electrons. The molecule has 0 aromatic rings. The van der Waals surface area contributed by atoms with Gasteiger partial charge in [0.05, 0.1) is 35.5 Å². The third-order valence-corrected chi connectivity index (χ3v) is 6.71. The van der Waals surface area contributed by atoms with E-state index in [2.05, 4.69) is 0 Å². The number of carbonyl (C=O) groups excluding carboxylic acids is 4. The molecular formula is C16H16N2NaO10+. The fourth-order valence-electron chi connectivity index (χ4n) is 5.77. The zero-order valence-corrected chi connectivity index (χ0v) is 17.2. The molecule has 4 N–H and O–H groups in total. The molecule has 4 aliphatic rings. The van der Waals surface area contributed by atoms with Crippen LogP contribution in [-0.4, -0.2) is 79.3 Å². The smallest absolute Gasteiger partial charge is 0.481 e. The van der Waals surface area contributed by atoms with Crippen LogP contribution < -0.4 is 29.6 Å². The summed E-state index contributed by atoms with van der Waals surface area (Å²) in [6.07, 6.45) is 0. The minimum Gasteiger partial charge on any atom is -0.481 e. The summed E-state index contributed by atoms with van der Waals surface area (Å²) < 4.78 is 0. The molecule has 2 aliphatic heterocycles. The number of imide groups is 2. The van der Waals surface area contributed by atoms with Crippen LogP contribution in [0.15, 0.2) is 0 Å². The number of amides is 4. The van der Waals surface area contributed by atoms with E-state index in [1.54, 1.807) is 0 Å². The SMILES string of the molecule is O=C(O)C1C2C(=O)N(CO)C(=O)C2C(C(=O)O)C2C3C(=O)N(CO)C(=O)C3C12.[Na+]. The van der Waals surface area contributed by atoms with Gasteiger partial charge in [0.2, 0.25) is 23.6 Å². The van der Waals surface area contributed by atoms with Crippen molar-refractivity contribution in [3.63, 3.8) is 0 Å². The van der Waals surface area contributed by atoms with E-state index in [-0.39, 0.29) is 29.6 Å². The third-order valence-electron chi connectivity index (χ3n) is 6.71. The molecule has 12 nitrogen and oxygen atoms in total. The first-order valence-electron chi connectivity index (χ1n) is 8.56. The Hall–Kier alpha value is -1.86. The van der Waals surface area contributed by atoms with Crippen LogP contribution in [0.25, 0.3) is 0 Å². The minimum atomic E-state index is -1.56. The van der Waals surface area contributed by atoms with Crippen molar-refractivity contribution in [2.24, 2.45) is 47.3 Å². The van der Waals surface area contributed by atoms with E-state index in [1.807, 2.05) is 0 Å². The molecule has 2 aliphatic carbocycles. The molecular weight excluding hydrogens is 403 g/mol. The van der Waals surface area contributed by atoms with Gasteiger partial charge < -0.3 is 20.4 Å². The van der Waals surface area contributed by atoms with Gasteiger partial charge in [0.15, 0.2) is 0 Å². The molecule has 0 aromatic carbocycles. The second-order valence-corrected chi connectivity index (χ2v) is 7.48. The van der Waals surface area contributed by atoms with Gasteiger partial charge in [-0.25, -0.2) is 0 Å². The maximum Gasteiger partial charge on any atom is 1.00 e. The fraction of sp³-hybridized carbons (Fsp3) is 0.625. The van der Waals surface area contributed by atoms with Crippen LogP contribution in [0.4, 0.5) is 0 Å². The van der Waals surface area contributed by atoms with Gasteiger partial charge in [-0.3, -0.25) is 38.6 Å². The van der Waals surface area contributed by atoms with Crippen LogP contribution in [0.5, 0.6) is 0 Å². The summed E-state index contributed by atoms with van der Waals surface area (Å²) in [6.45, 7) is -1.95. The van der Waals surface area contributed by atoms with Gasteiger partial charge in [0.25, 0.3) is 0 Å². The van der Waals surface area contributed by atoms with Crippen LogP contribution >= 0.6 is 0 Å². The van der Waals surface area contributed by atoms with Crippen LogP contribution in [0.3, 0.4) is 0 Å². The normalized spacial score (nSPS) is 40.1. The zero-order chi connectivity index (χ0) is 20.7. The predicted molar refractivity (Wildman–Crippen MR) is 81.1 cm³/mol. The van der Waals surface area contributed by atoms with Gasteiger partial charge in [-0.05, 0) is 11.8 Å². The number of carbonyl (C=O) groups is 6. The number of rotatable bonds is 4. The summed E-state index contributed by atoms with van der Waals surface area (Å²) in [6, 6.07) is 0. The van der Waals surface area contributed by atoms with Crippen molar-refractivity contribution in [2.75, 3.05) is 13.5 Å². The molecule has 0 spiro atoms. The Morgan fingerprint density at radius 2 is 0.931 bits per heavy atom. The monoisotopic (exact) mass is 419 g/mol. The maximum atomic E-state index is 12.6. The van der Waals surface area contributed by atoms with Crippen LogP contribution in [0.2, 0.25) is 0 Å². The molecule has 2 heterocycles. The molecule has 150 valence electrons. The van der Waals surface area contributed by atoms with Crippen molar-refractivity contribution < 1.29 is 78.8 Å². The topological polar surface area (TPSA) is 190 Å². The molecule has 13 heteroatoms. The second-order valence-electron chi connectivity index (χ2n) is 7.48. The van der Waals surface area contributed by atoms with Crippen molar-refractivity contribution in [1.82, 2.24) is 9.80 Å². The molecule has 0 bridgehead atoms. The Balaban J connectivity index is 0.00000240. The van der Waals surface area contributed by atoms with Gasteiger partial charge in [-0.2, -0.15) is 0 Å². The zero-order valence-electron chi connectivity index (χ0n) is 15.2. The molecule has 8 atom stereocenters. The number of nitrogens with zero attached hydrogens (tertiary/aromatic N) is 2. The minimum absolute atomic E-state index is 0. The summed E-state index contributed by atoms with van der Waals surface area (Å²) in [7, 11) is 0. The number of carboxylic acids is 2. The summed E-state index contributed by atoms with van der Waals surface area (Å²) in [4.78, 5) is 75.0. The number of likely N-dealkylation sites (tertiary alicyclic amines) is 2. The number of fused-ring (bicyclic) bond motifs is 5. The fourth-order valence-corrected chi connectivity index (χ4v) is 5.77. The number of aliphatic hydroxyl groups is 2. The Bertz CT molecular complexity index is 782. The van der Waals surface area contributed by atoms with E-state index in [4.69, 9.17) is 0 Å². The van der Waals surface area contributed by atoms with E-state index < -0.39 is 96.4 Å². The number of aliphatic hydroxyl groups excluding tert-OH is 2. The first-order valence-corrected chi connectivity index (χ1v) is 8.56. The molecule has 2 saturated carbocycles. The average molecular weight is 419 g/mol. The van der Waals surface area contributed by atoms with E-state index in [1.165, 1.54) is 0 Å². The Morgan fingerprint density at radius 3 is 1.17 bits per heavy atom. The van der Waals surface area contributed by atoms with E-state index in [0.717, 1.165) is 0 Å². The van der Waals surface area contributed by atoms with Crippen molar-refractivity contribution >= 4 is 35.6 Å². The number of hydrogen-bond donors (Lipinski definition) is 4. The van der Waals surface area contributed by atoms with Crippen LogP contribution in [0.1, 0.15) is 0 Å². The quantitative estimate of drug-likeness (QED) is 0.252. The molecule has 29 heavy (non-hydrogen) atoms. The van der Waals surface area contributed by atoms with Crippen molar-refractivity contribution in [3.05, 3.63) is 0 Å². The maximum absolute atomic E-state index is 12.6. The van der Waals surface area contributed by atoms with E-state index in [9.17, 15) is 49.2 Å². The summed E-state index contributed by atoms with van der Waals surface area (Å²) in [5, 5.41) is 38.1. The molecule has 0 aromatic heterocycles. The van der Waals surface area contributed by atoms with Crippen molar-refractivity contribution in [1.29, 1.82) is 0 Å². The van der Waals surface area contributed by atoms with Gasteiger partial charge in [0, 0.05) is 0 Å². The molecule has 4 amide bonds. The number of carboxylic acid groups (broad SMARTS) is 2. The summed E-state index contributed by atoms with van der Waals surface area (Å²) in [5.41, 5.74) is 0. The van der Waals surface area contributed by atoms with Crippen molar-refractivity contribution in [3.8, 4) is 0 Å². The standard InChI is InChI=1S/C16H16N2O10.Na/c19-1-17-11(21)5-3-4(6(5)12(17)22)10(16(27)28)8-7(9(3)15(25)26)13(23)18(2-20)14(8)24;/h3-10,19-20H,1-2H2,(H,25,26)(H,27,28);/q;+1. The Kier molecular flexibility index (Phi) is 5.37. The van der Waals surface area contributed by atoms with Gasteiger partial charge in [-0.1, -0.05) is 0 Å². The molecule has 4 rings (SSSR count). The van der Waals surface area contributed by atoms with Gasteiger partial charge in [-0.15, -0.1) is 0 Å². The average Bonchev–Trinajstić information content (AvgIpc) is 2.97. The number of hydrogen-bond acceptors (Lipinski definition) is 8. The molecule has 4 fully saturated rings. The van der Waals surface area contributed by atoms with Crippen molar-refractivity contribution in [2.45, 2.75) is 0 Å². The van der Waals surface area contributed by atoms with Crippen LogP contribution in [0, 0.1) is 47.3 Å². The largest absolute Gasteiger partial charge is 1.00 e. The van der Waals surface area contributed by atoms with E-state index >= 15 is 0 Å². The summed E-state index contributed by atoms with van der Waals surface area (Å²) in [5.74, 6) is -17.5. The first-order chi connectivity index (χ1) is 13.2. The molecule has 2 saturated heterocycles. The second kappa shape index (κ2) is 7.13. The predicted octanol–water partition coefficient (Wildman–Crippen LogP) is -6.25.